The van der Waals surface area contributed by atoms with E-state index >= 15 is 0 Å². The van der Waals surface area contributed by atoms with Crippen molar-refractivity contribution in [2.75, 3.05) is 6.54 Å². The predicted molar refractivity (Wildman–Crippen MR) is 93.5 cm³/mol. The van der Waals surface area contributed by atoms with E-state index in [1.54, 1.807) is 12.2 Å². The summed E-state index contributed by atoms with van der Waals surface area (Å²) in [6, 6.07) is 8.40. The van der Waals surface area contributed by atoms with Gasteiger partial charge in [-0.15, -0.1) is 0 Å². The molecule has 0 N–H and O–H groups in total. The van der Waals surface area contributed by atoms with Gasteiger partial charge in [-0.2, -0.15) is 5.06 Å². The standard InChI is InChI=1S/C20H18N2O5/c23-17-8-4-7-14-15(17)11-21(19(14)25)16-9-10-18(24)22(20(16)26)27-12-13-5-2-1-3-6-13/h1-8,15-16H,9-12H2. The van der Waals surface area contributed by atoms with Crippen LogP contribution in [0.5, 0.6) is 0 Å². The van der Waals surface area contributed by atoms with Crippen LogP contribution in [-0.4, -0.2) is 46.1 Å². The van der Waals surface area contributed by atoms with Gasteiger partial charge in [0.2, 0.25) is 0 Å². The van der Waals surface area contributed by atoms with Crippen molar-refractivity contribution in [3.63, 3.8) is 0 Å². The quantitative estimate of drug-likeness (QED) is 0.747. The van der Waals surface area contributed by atoms with Crippen molar-refractivity contribution >= 4 is 23.5 Å². The van der Waals surface area contributed by atoms with Gasteiger partial charge in [-0.25, -0.2) is 0 Å². The molecular weight excluding hydrogens is 348 g/mol. The number of allylic oxidation sites excluding steroid dienone is 3. The van der Waals surface area contributed by atoms with Crippen LogP contribution >= 0.6 is 0 Å². The van der Waals surface area contributed by atoms with Crippen molar-refractivity contribution in [1.82, 2.24) is 9.96 Å². The van der Waals surface area contributed by atoms with Crippen LogP contribution in [0.1, 0.15) is 18.4 Å². The second-order valence-corrected chi connectivity index (χ2v) is 6.73. The lowest BCUT2D eigenvalue weighted by Crippen LogP contribution is -2.54. The maximum absolute atomic E-state index is 12.8. The zero-order chi connectivity index (χ0) is 19.0. The van der Waals surface area contributed by atoms with Gasteiger partial charge in [0.15, 0.2) is 5.78 Å². The van der Waals surface area contributed by atoms with Crippen LogP contribution in [0.25, 0.3) is 0 Å². The summed E-state index contributed by atoms with van der Waals surface area (Å²) >= 11 is 0. The number of piperidine rings is 1. The van der Waals surface area contributed by atoms with Crippen LogP contribution in [0.2, 0.25) is 0 Å². The van der Waals surface area contributed by atoms with Gasteiger partial charge < -0.3 is 4.90 Å². The van der Waals surface area contributed by atoms with E-state index in [-0.39, 0.29) is 37.7 Å². The van der Waals surface area contributed by atoms with Crippen molar-refractivity contribution in [2.45, 2.75) is 25.5 Å². The van der Waals surface area contributed by atoms with E-state index in [0.29, 0.717) is 5.57 Å². The molecule has 1 aromatic carbocycles. The number of amides is 3. The Hall–Kier alpha value is -3.06. The van der Waals surface area contributed by atoms with Crippen LogP contribution in [0.3, 0.4) is 0 Å². The molecule has 2 fully saturated rings. The highest BCUT2D eigenvalue weighted by atomic mass is 16.7. The van der Waals surface area contributed by atoms with Gasteiger partial charge in [0.05, 0.1) is 5.92 Å². The number of imide groups is 1. The summed E-state index contributed by atoms with van der Waals surface area (Å²) in [6.45, 7) is 0.236. The average molecular weight is 366 g/mol. The number of fused-ring (bicyclic) bond motifs is 1. The van der Waals surface area contributed by atoms with E-state index in [2.05, 4.69) is 0 Å². The molecule has 2 heterocycles. The Morgan fingerprint density at radius 3 is 2.59 bits per heavy atom. The molecule has 0 spiro atoms. The summed E-state index contributed by atoms with van der Waals surface area (Å²) in [5.41, 5.74) is 1.23. The van der Waals surface area contributed by atoms with Crippen molar-refractivity contribution in [2.24, 2.45) is 5.92 Å². The minimum absolute atomic E-state index is 0.0785. The number of rotatable bonds is 4. The number of ketones is 1. The lowest BCUT2D eigenvalue weighted by molar-refractivity contribution is -0.207. The zero-order valence-electron chi connectivity index (χ0n) is 14.5. The molecule has 138 valence electrons. The van der Waals surface area contributed by atoms with Crippen molar-refractivity contribution < 1.29 is 24.0 Å². The van der Waals surface area contributed by atoms with Gasteiger partial charge in [-0.1, -0.05) is 42.5 Å². The number of likely N-dealkylation sites (tertiary alicyclic amines) is 1. The highest BCUT2D eigenvalue weighted by molar-refractivity contribution is 6.10. The van der Waals surface area contributed by atoms with Crippen molar-refractivity contribution in [1.29, 1.82) is 0 Å². The second-order valence-electron chi connectivity index (χ2n) is 6.73. The molecule has 0 radical (unpaired) electrons. The van der Waals surface area contributed by atoms with Crippen molar-refractivity contribution in [3.05, 3.63) is 59.7 Å². The third-order valence-corrected chi connectivity index (χ3v) is 5.06. The number of carbonyl (C=O) groups is 4. The normalized spacial score (nSPS) is 25.1. The first kappa shape index (κ1) is 17.4. The van der Waals surface area contributed by atoms with E-state index < -0.39 is 23.8 Å². The largest absolute Gasteiger partial charge is 0.326 e. The number of nitrogens with zero attached hydrogens (tertiary/aromatic N) is 2. The SMILES string of the molecule is O=C1C=CC=C2C(=O)N(C3CCC(=O)N(OCc4ccccc4)C3=O)CC12. The molecule has 0 saturated carbocycles. The predicted octanol–water partition coefficient (Wildman–Crippen LogP) is 1.16. The minimum Gasteiger partial charge on any atom is -0.326 e. The first-order valence-corrected chi connectivity index (χ1v) is 8.83. The first-order chi connectivity index (χ1) is 13.1. The number of carbonyl (C=O) groups excluding carboxylic acids is 4. The van der Waals surface area contributed by atoms with Gasteiger partial charge in [0.1, 0.15) is 12.6 Å². The highest BCUT2D eigenvalue weighted by Gasteiger charge is 2.47. The molecule has 2 aliphatic heterocycles. The fourth-order valence-electron chi connectivity index (χ4n) is 3.64. The third-order valence-electron chi connectivity index (χ3n) is 5.06. The number of benzene rings is 1. The Morgan fingerprint density at radius 1 is 1.07 bits per heavy atom. The van der Waals surface area contributed by atoms with Gasteiger partial charge in [0.25, 0.3) is 17.7 Å². The Kier molecular flexibility index (Phi) is 4.45. The number of hydrogen-bond donors (Lipinski definition) is 0. The lowest BCUT2D eigenvalue weighted by atomic mass is 9.93. The van der Waals surface area contributed by atoms with E-state index in [1.165, 1.54) is 11.0 Å². The molecule has 1 aliphatic carbocycles. The van der Waals surface area contributed by atoms with Crippen molar-refractivity contribution in [3.8, 4) is 0 Å². The van der Waals surface area contributed by atoms with Crippen LogP contribution in [0, 0.1) is 5.92 Å². The van der Waals surface area contributed by atoms with Gasteiger partial charge in [0, 0.05) is 18.5 Å². The van der Waals surface area contributed by atoms with E-state index in [9.17, 15) is 19.2 Å². The van der Waals surface area contributed by atoms with Gasteiger partial charge >= 0.3 is 0 Å². The Balaban J connectivity index is 1.49. The molecule has 1 aromatic rings. The number of hydrogen-bond acceptors (Lipinski definition) is 5. The number of hydroxylamine groups is 2. The average Bonchev–Trinajstić information content (AvgIpc) is 3.01. The molecule has 3 aliphatic rings. The maximum atomic E-state index is 12.8. The first-order valence-electron chi connectivity index (χ1n) is 8.83. The minimum atomic E-state index is -0.801. The summed E-state index contributed by atoms with van der Waals surface area (Å²) in [7, 11) is 0. The van der Waals surface area contributed by atoms with Crippen LogP contribution in [0.4, 0.5) is 0 Å². The van der Waals surface area contributed by atoms with Crippen LogP contribution < -0.4 is 0 Å². The molecular formula is C20H18N2O5. The molecule has 4 rings (SSSR count). The topological polar surface area (TPSA) is 84.0 Å². The molecule has 2 atom stereocenters. The van der Waals surface area contributed by atoms with E-state index in [1.807, 2.05) is 30.3 Å². The summed E-state index contributed by atoms with van der Waals surface area (Å²) in [5, 5.41) is 0.769. The molecule has 7 heteroatoms. The van der Waals surface area contributed by atoms with E-state index in [4.69, 9.17) is 4.84 Å². The molecule has 2 unspecified atom stereocenters. The smallest absolute Gasteiger partial charge is 0.276 e. The third kappa shape index (κ3) is 3.10. The molecule has 27 heavy (non-hydrogen) atoms. The van der Waals surface area contributed by atoms with Crippen LogP contribution in [-0.2, 0) is 30.6 Å². The van der Waals surface area contributed by atoms with Gasteiger partial charge in [-0.3, -0.25) is 24.0 Å². The van der Waals surface area contributed by atoms with E-state index in [0.717, 1.165) is 10.6 Å². The summed E-state index contributed by atoms with van der Waals surface area (Å²) in [4.78, 5) is 56.6. The molecule has 7 nitrogen and oxygen atoms in total. The Labute approximate surface area is 155 Å². The summed E-state index contributed by atoms with van der Waals surface area (Å²) in [5.74, 6) is -1.98. The lowest BCUT2D eigenvalue weighted by Gasteiger charge is -2.34. The molecule has 0 aromatic heterocycles. The fraction of sp³-hybridized carbons (Fsp3) is 0.300. The fourth-order valence-corrected chi connectivity index (χ4v) is 3.64. The summed E-state index contributed by atoms with van der Waals surface area (Å²) < 4.78 is 0. The summed E-state index contributed by atoms with van der Waals surface area (Å²) in [6.07, 6.45) is 4.95. The van der Waals surface area contributed by atoms with Gasteiger partial charge in [-0.05, 0) is 18.1 Å². The highest BCUT2D eigenvalue weighted by Crippen LogP contribution is 2.32. The van der Waals surface area contributed by atoms with Crippen LogP contribution in [0.15, 0.2) is 54.1 Å². The second kappa shape index (κ2) is 6.92. The monoisotopic (exact) mass is 366 g/mol. The Morgan fingerprint density at radius 2 is 1.85 bits per heavy atom. The molecule has 0 bridgehead atoms. The molecule has 3 amide bonds. The Bertz CT molecular complexity index is 874. The zero-order valence-corrected chi connectivity index (χ0v) is 14.5. The molecule has 2 saturated heterocycles. The maximum Gasteiger partial charge on any atom is 0.276 e.